The molecule has 4 heterocycles. The van der Waals surface area contributed by atoms with Gasteiger partial charge in [0.15, 0.2) is 0 Å². The summed E-state index contributed by atoms with van der Waals surface area (Å²) >= 11 is 7.76. The molecule has 3 N–H and O–H groups in total. The van der Waals surface area contributed by atoms with Gasteiger partial charge in [0.25, 0.3) is 5.91 Å². The number of hydrogen-bond donors (Lipinski definition) is 3. The molecule has 1 atom stereocenters. The predicted molar refractivity (Wildman–Crippen MR) is 135 cm³/mol. The lowest BCUT2D eigenvalue weighted by atomic mass is 10.0. The van der Waals surface area contributed by atoms with Crippen LogP contribution in [0.25, 0.3) is 11.3 Å². The molecule has 1 aromatic carbocycles. The Kier molecular flexibility index (Phi) is 7.42. The summed E-state index contributed by atoms with van der Waals surface area (Å²) in [7, 11) is 0. The highest BCUT2D eigenvalue weighted by Crippen LogP contribution is 2.31. The number of benzene rings is 1. The molecule has 0 saturated carbocycles. The van der Waals surface area contributed by atoms with Crippen LogP contribution in [0.5, 0.6) is 0 Å². The number of aliphatic hydroxyl groups is 1. The van der Waals surface area contributed by atoms with Gasteiger partial charge in [-0.05, 0) is 24.5 Å². The van der Waals surface area contributed by atoms with Crippen LogP contribution in [0.2, 0.25) is 5.02 Å². The largest absolute Gasteiger partial charge is 0.394 e. The van der Waals surface area contributed by atoms with Gasteiger partial charge in [-0.2, -0.15) is 0 Å². The summed E-state index contributed by atoms with van der Waals surface area (Å²) < 4.78 is 5.40. The maximum Gasteiger partial charge on any atom is 0.254 e. The number of halogens is 1. The zero-order chi connectivity index (χ0) is 25.1. The Hall–Kier alpha value is -3.12. The van der Waals surface area contributed by atoms with Gasteiger partial charge in [0.05, 0.1) is 23.5 Å². The van der Waals surface area contributed by atoms with Crippen molar-refractivity contribution in [1.82, 2.24) is 25.2 Å². The van der Waals surface area contributed by atoms with Crippen LogP contribution in [0, 0.1) is 0 Å². The Labute approximate surface area is 216 Å². The van der Waals surface area contributed by atoms with Gasteiger partial charge in [-0.1, -0.05) is 23.7 Å². The van der Waals surface area contributed by atoms with E-state index in [-0.39, 0.29) is 31.0 Å². The summed E-state index contributed by atoms with van der Waals surface area (Å²) in [4.78, 5) is 40.2. The van der Waals surface area contributed by atoms with Gasteiger partial charge in [0, 0.05) is 48.5 Å². The van der Waals surface area contributed by atoms with Gasteiger partial charge in [-0.25, -0.2) is 15.0 Å². The molecule has 10 nitrogen and oxygen atoms in total. The highest BCUT2D eigenvalue weighted by Gasteiger charge is 2.30. The van der Waals surface area contributed by atoms with Crippen molar-refractivity contribution in [3.8, 4) is 11.3 Å². The Balaban J connectivity index is 1.28. The second-order valence-corrected chi connectivity index (χ2v) is 9.96. The van der Waals surface area contributed by atoms with E-state index in [2.05, 4.69) is 25.6 Å². The van der Waals surface area contributed by atoms with Gasteiger partial charge in [-0.15, -0.1) is 11.3 Å². The fraction of sp³-hybridized carbons (Fsp3) is 0.375. The minimum atomic E-state index is -0.604. The highest BCUT2D eigenvalue weighted by molar-refractivity contribution is 7.09. The molecular weight excluding hydrogens is 504 g/mol. The molecule has 0 bridgehead atoms. The predicted octanol–water partition coefficient (Wildman–Crippen LogP) is 2.65. The molecule has 2 aromatic heterocycles. The first-order chi connectivity index (χ1) is 17.5. The van der Waals surface area contributed by atoms with E-state index in [1.165, 1.54) is 16.2 Å². The van der Waals surface area contributed by atoms with Crippen molar-refractivity contribution in [2.75, 3.05) is 31.7 Å². The number of anilines is 1. The van der Waals surface area contributed by atoms with Gasteiger partial charge in [0.2, 0.25) is 11.9 Å². The third-order valence-electron chi connectivity index (χ3n) is 6.16. The number of carbonyl (C=O) groups excluding carboxylic acids is 2. The number of carbonyl (C=O) groups is 2. The summed E-state index contributed by atoms with van der Waals surface area (Å²) in [6, 6.07) is 5.11. The van der Waals surface area contributed by atoms with Crippen molar-refractivity contribution < 1.29 is 19.4 Å². The Morgan fingerprint density at radius 1 is 1.31 bits per heavy atom. The van der Waals surface area contributed by atoms with Gasteiger partial charge < -0.3 is 25.4 Å². The number of amides is 2. The summed E-state index contributed by atoms with van der Waals surface area (Å²) in [5, 5.41) is 18.5. The normalized spacial score (nSPS) is 16.6. The first-order valence-corrected chi connectivity index (χ1v) is 12.9. The molecule has 2 amide bonds. The SMILES string of the molecule is O=C(CN1Cc2ccc(-c3nc(NC4CCOCC4)ncc3Cl)cc2C1=O)NC(CO)c1nccs1. The van der Waals surface area contributed by atoms with Gasteiger partial charge in [-0.3, -0.25) is 9.59 Å². The van der Waals surface area contributed by atoms with Crippen molar-refractivity contribution in [2.24, 2.45) is 0 Å². The summed E-state index contributed by atoms with van der Waals surface area (Å²) in [6.07, 6.45) is 4.92. The third-order valence-corrected chi connectivity index (χ3v) is 7.33. The number of aromatic nitrogens is 3. The Bertz CT molecular complexity index is 1250. The molecule has 12 heteroatoms. The van der Waals surface area contributed by atoms with Crippen LogP contribution in [-0.4, -0.2) is 69.2 Å². The second kappa shape index (κ2) is 10.9. The topological polar surface area (TPSA) is 130 Å². The fourth-order valence-electron chi connectivity index (χ4n) is 4.31. The molecule has 2 aliphatic heterocycles. The van der Waals surface area contributed by atoms with Crippen LogP contribution in [0.3, 0.4) is 0 Å². The first-order valence-electron chi connectivity index (χ1n) is 11.6. The molecular formula is C24H25ClN6O4S. The minimum absolute atomic E-state index is 0.127. The van der Waals surface area contributed by atoms with E-state index in [9.17, 15) is 14.7 Å². The first kappa shape index (κ1) is 24.6. The molecule has 2 aliphatic rings. The lowest BCUT2D eigenvalue weighted by Crippen LogP contribution is -2.40. The number of rotatable bonds is 8. The number of hydrogen-bond acceptors (Lipinski definition) is 9. The van der Waals surface area contributed by atoms with E-state index >= 15 is 0 Å². The Morgan fingerprint density at radius 2 is 2.14 bits per heavy atom. The van der Waals surface area contributed by atoms with Crippen LogP contribution < -0.4 is 10.6 Å². The van der Waals surface area contributed by atoms with E-state index in [4.69, 9.17) is 16.3 Å². The number of fused-ring (bicyclic) bond motifs is 1. The molecule has 0 radical (unpaired) electrons. The number of thiazole rings is 1. The third kappa shape index (κ3) is 5.34. The van der Waals surface area contributed by atoms with Crippen molar-refractivity contribution in [1.29, 1.82) is 0 Å². The minimum Gasteiger partial charge on any atom is -0.394 e. The molecule has 188 valence electrons. The van der Waals surface area contributed by atoms with Crippen molar-refractivity contribution in [3.05, 3.63) is 57.1 Å². The van der Waals surface area contributed by atoms with Gasteiger partial charge >= 0.3 is 0 Å². The summed E-state index contributed by atoms with van der Waals surface area (Å²) in [6.45, 7) is 1.31. The molecule has 5 rings (SSSR count). The number of nitrogens with zero attached hydrogens (tertiary/aromatic N) is 4. The molecule has 36 heavy (non-hydrogen) atoms. The molecule has 0 spiro atoms. The zero-order valence-electron chi connectivity index (χ0n) is 19.3. The molecule has 3 aromatic rings. The van der Waals surface area contributed by atoms with E-state index < -0.39 is 6.04 Å². The monoisotopic (exact) mass is 528 g/mol. The average Bonchev–Trinajstić information content (AvgIpc) is 3.53. The fourth-order valence-corrected chi connectivity index (χ4v) is 5.19. The average molecular weight is 529 g/mol. The standard InChI is InChI=1S/C24H25ClN6O4S/c25-18-10-27-24(28-16-3-6-35-7-4-16)30-21(18)14-1-2-15-11-31(23(34)17(15)9-14)12-20(33)29-19(13-32)22-26-5-8-36-22/h1-2,5,8-10,16,19,32H,3-4,6-7,11-13H2,(H,29,33)(H,27,28,30). The second-order valence-electron chi connectivity index (χ2n) is 8.63. The summed E-state index contributed by atoms with van der Waals surface area (Å²) in [5.74, 6) is -0.138. The van der Waals surface area contributed by atoms with E-state index in [0.29, 0.717) is 52.6 Å². The number of aliphatic hydroxyl groups excluding tert-OH is 1. The van der Waals surface area contributed by atoms with Crippen molar-refractivity contribution in [2.45, 2.75) is 31.5 Å². The number of ether oxygens (including phenoxy) is 1. The lowest BCUT2D eigenvalue weighted by Gasteiger charge is -2.23. The van der Waals surface area contributed by atoms with Crippen LogP contribution in [0.15, 0.2) is 36.0 Å². The van der Waals surface area contributed by atoms with Crippen LogP contribution in [-0.2, 0) is 16.1 Å². The van der Waals surface area contributed by atoms with Crippen LogP contribution >= 0.6 is 22.9 Å². The molecule has 0 aliphatic carbocycles. The van der Waals surface area contributed by atoms with Crippen LogP contribution in [0.4, 0.5) is 5.95 Å². The Morgan fingerprint density at radius 3 is 2.89 bits per heavy atom. The van der Waals surface area contributed by atoms with Crippen LogP contribution in [0.1, 0.15) is 39.8 Å². The maximum atomic E-state index is 13.1. The number of nitrogens with one attached hydrogen (secondary N) is 2. The van der Waals surface area contributed by atoms with E-state index in [1.807, 2.05) is 12.1 Å². The quantitative estimate of drug-likeness (QED) is 0.407. The van der Waals surface area contributed by atoms with Gasteiger partial charge in [0.1, 0.15) is 17.6 Å². The van der Waals surface area contributed by atoms with E-state index in [1.54, 1.807) is 23.8 Å². The van der Waals surface area contributed by atoms with Crippen molar-refractivity contribution >= 4 is 40.7 Å². The molecule has 1 fully saturated rings. The van der Waals surface area contributed by atoms with Crippen molar-refractivity contribution in [3.63, 3.8) is 0 Å². The maximum absolute atomic E-state index is 13.1. The zero-order valence-corrected chi connectivity index (χ0v) is 20.9. The van der Waals surface area contributed by atoms with E-state index in [0.717, 1.165) is 18.4 Å². The highest BCUT2D eigenvalue weighted by atomic mass is 35.5. The molecule has 1 saturated heterocycles. The lowest BCUT2D eigenvalue weighted by molar-refractivity contribution is -0.122. The molecule has 1 unspecified atom stereocenters. The summed E-state index contributed by atoms with van der Waals surface area (Å²) in [5.41, 5.74) is 2.55. The smallest absolute Gasteiger partial charge is 0.254 e.